The Hall–Kier alpha value is -7.00. The summed E-state index contributed by atoms with van der Waals surface area (Å²) in [4.78, 5) is 49.7. The van der Waals surface area contributed by atoms with Crippen LogP contribution in [0.2, 0.25) is 0 Å². The maximum atomic E-state index is 13.0. The fraction of sp³-hybridized carbons (Fsp3) is 0.333. The van der Waals surface area contributed by atoms with Gasteiger partial charge in [0.25, 0.3) is 0 Å². The van der Waals surface area contributed by atoms with Gasteiger partial charge >= 0.3 is 48.8 Å². The Balaban J connectivity index is 0.000000261. The lowest BCUT2D eigenvalue weighted by Crippen LogP contribution is -2.30. The van der Waals surface area contributed by atoms with Crippen LogP contribution in [0, 0.1) is 0 Å². The zero-order chi connectivity index (χ0) is 51.9. The van der Waals surface area contributed by atoms with Crippen molar-refractivity contribution < 1.29 is 91.2 Å². The minimum absolute atomic E-state index is 0.00676. The number of aliphatic carboxylic acids is 1. The van der Waals surface area contributed by atoms with Gasteiger partial charge in [-0.1, -0.05) is 36.4 Å². The number of fused-ring (bicyclic) bond motifs is 2. The van der Waals surface area contributed by atoms with Crippen molar-refractivity contribution in [2.75, 3.05) is 20.7 Å². The van der Waals surface area contributed by atoms with E-state index < -0.39 is 101 Å². The van der Waals surface area contributed by atoms with Gasteiger partial charge in [-0.3, -0.25) is 0 Å². The molecule has 0 saturated heterocycles. The third-order valence-electron chi connectivity index (χ3n) is 11.1. The molecule has 0 aromatic heterocycles. The van der Waals surface area contributed by atoms with E-state index in [0.717, 1.165) is 33.9 Å². The van der Waals surface area contributed by atoms with Crippen LogP contribution in [0.5, 0.6) is 0 Å². The van der Waals surface area contributed by atoms with Crippen LogP contribution >= 0.6 is 0 Å². The molecule has 2 amide bonds. The molecule has 70 heavy (non-hydrogen) atoms. The Morgan fingerprint density at radius 2 is 0.914 bits per heavy atom. The molecular weight excluding hydrogens is 961 g/mol. The summed E-state index contributed by atoms with van der Waals surface area (Å²) in [5.74, 6) is -1.56. The first kappa shape index (κ1) is 53.9. The van der Waals surface area contributed by atoms with E-state index in [2.05, 4.69) is 0 Å². The summed E-state index contributed by atoms with van der Waals surface area (Å²) in [7, 11) is 2.87. The van der Waals surface area contributed by atoms with E-state index in [9.17, 15) is 71.9 Å². The third-order valence-corrected chi connectivity index (χ3v) is 11.1. The number of ether oxygens (including phenoxy) is 3. The molecule has 0 heterocycles. The molecule has 2 unspecified atom stereocenters. The molecule has 10 nitrogen and oxygen atoms in total. The average Bonchev–Trinajstić information content (AvgIpc) is 3.91. The van der Waals surface area contributed by atoms with Crippen molar-refractivity contribution in [3.05, 3.63) is 152 Å². The van der Waals surface area contributed by atoms with Gasteiger partial charge in [-0.25, -0.2) is 19.2 Å². The van der Waals surface area contributed by atoms with Crippen LogP contribution in [0.15, 0.2) is 84.9 Å². The largest absolute Gasteiger partial charge is 0.478 e. The molecule has 0 saturated carbocycles. The number of rotatable bonds is 11. The molecule has 4 aromatic carbocycles. The van der Waals surface area contributed by atoms with E-state index in [-0.39, 0.29) is 24.8 Å². The average molecular weight is 1000 g/mol. The van der Waals surface area contributed by atoms with Gasteiger partial charge in [0.15, 0.2) is 0 Å². The normalized spacial score (nSPS) is 15.8. The molecule has 0 bridgehead atoms. The predicted molar refractivity (Wildman–Crippen MR) is 226 cm³/mol. The first-order valence-electron chi connectivity index (χ1n) is 20.9. The zero-order valence-corrected chi connectivity index (χ0v) is 37.1. The van der Waals surface area contributed by atoms with Crippen molar-refractivity contribution in [3.8, 4) is 0 Å². The number of hydrogen-bond donors (Lipinski definition) is 1. The number of carboxylic acids is 1. The minimum atomic E-state index is -5.00. The number of nitrogens with zero attached hydrogens (tertiary/aromatic N) is 2. The van der Waals surface area contributed by atoms with Crippen LogP contribution in [0.4, 0.5) is 62.3 Å². The van der Waals surface area contributed by atoms with Crippen LogP contribution in [-0.2, 0) is 74.6 Å². The van der Waals surface area contributed by atoms with Crippen LogP contribution in [0.25, 0.3) is 12.2 Å². The van der Waals surface area contributed by atoms with Crippen molar-refractivity contribution in [2.24, 2.45) is 0 Å². The third kappa shape index (κ3) is 14.3. The maximum absolute atomic E-state index is 13.0. The van der Waals surface area contributed by atoms with E-state index >= 15 is 0 Å². The number of esters is 1. The molecular formula is C48H42F12N2O8. The van der Waals surface area contributed by atoms with Gasteiger partial charge in [0, 0.05) is 26.2 Å². The molecule has 376 valence electrons. The van der Waals surface area contributed by atoms with Gasteiger partial charge in [-0.15, -0.1) is 0 Å². The highest BCUT2D eigenvalue weighted by Crippen LogP contribution is 2.40. The highest BCUT2D eigenvalue weighted by molar-refractivity contribution is 5.87. The number of carbonyl (C=O) groups excluding carboxylic acids is 3. The Labute approximate surface area is 391 Å². The monoisotopic (exact) mass is 1000 g/mol. The van der Waals surface area contributed by atoms with Crippen molar-refractivity contribution in [1.29, 1.82) is 0 Å². The summed E-state index contributed by atoms with van der Waals surface area (Å²) in [5, 5.41) is 8.73. The van der Waals surface area contributed by atoms with Crippen molar-refractivity contribution >= 4 is 36.3 Å². The second kappa shape index (κ2) is 21.7. The highest BCUT2D eigenvalue weighted by atomic mass is 19.4. The number of benzene rings is 4. The SMILES string of the molecule is CCOC(=O)/C=C/c1ccc2c(c1)CCC2N(C)C(=O)OCc1cc(C(F)(F)F)cc(C(F)(F)F)c1.CN(C(=O)OCc1cc(C(F)(F)F)cc(C(F)(F)F)c1)C1CCc2cc(/C=C/C(=O)O)ccc21. The summed E-state index contributed by atoms with van der Waals surface area (Å²) in [6.07, 6.45) is -14.1. The van der Waals surface area contributed by atoms with Crippen LogP contribution < -0.4 is 0 Å². The number of carbonyl (C=O) groups is 4. The van der Waals surface area contributed by atoms with E-state index in [1.165, 1.54) is 36.0 Å². The predicted octanol–water partition coefficient (Wildman–Crippen LogP) is 12.6. The molecule has 0 fully saturated rings. The lowest BCUT2D eigenvalue weighted by Gasteiger charge is -2.25. The molecule has 0 radical (unpaired) electrons. The number of alkyl halides is 12. The Bertz CT molecular complexity index is 2570. The Morgan fingerprint density at radius 3 is 1.24 bits per heavy atom. The summed E-state index contributed by atoms with van der Waals surface area (Å²) in [5.41, 5.74) is -1.90. The standard InChI is InChI=1S/C25H23F6NO4.C23H19F6NO4/c1-3-35-22(33)9-5-15-4-7-20-17(10-15)6-8-21(20)32(2)23(34)36-14-16-11-18(24(26,27)28)13-19(12-16)25(29,30)31;1-30(19-6-4-15-8-13(2-5-18(15)19)3-7-20(31)32)21(33)34-12-14-9-16(22(24,25)26)11-17(10-14)23(27,28)29/h4-5,7,9-13,21H,3,6,8,14H2,1-2H3;2-3,5,7-11,19H,4,6,12H2,1H3,(H,31,32)/b9-5+;7-3+. The zero-order valence-electron chi connectivity index (χ0n) is 37.1. The second-order valence-electron chi connectivity index (χ2n) is 15.9. The van der Waals surface area contributed by atoms with Gasteiger partial charge in [0.05, 0.1) is 40.9 Å². The Kier molecular flexibility index (Phi) is 16.8. The van der Waals surface area contributed by atoms with Gasteiger partial charge in [0.1, 0.15) is 13.2 Å². The fourth-order valence-corrected chi connectivity index (χ4v) is 7.72. The quantitative estimate of drug-likeness (QED) is 0.0682. The number of amides is 2. The smallest absolute Gasteiger partial charge is 0.416 e. The number of aryl methyl sites for hydroxylation is 2. The molecule has 6 rings (SSSR count). The fourth-order valence-electron chi connectivity index (χ4n) is 7.72. The molecule has 1 N–H and O–H groups in total. The summed E-state index contributed by atoms with van der Waals surface area (Å²) >= 11 is 0. The summed E-state index contributed by atoms with van der Waals surface area (Å²) in [6, 6.07) is 11.9. The summed E-state index contributed by atoms with van der Waals surface area (Å²) < 4.78 is 171. The van der Waals surface area contributed by atoms with Crippen molar-refractivity contribution in [2.45, 2.75) is 82.6 Å². The van der Waals surface area contributed by atoms with E-state index in [1.807, 2.05) is 6.07 Å². The lowest BCUT2D eigenvalue weighted by atomic mass is 10.0. The number of hydrogen-bond acceptors (Lipinski definition) is 7. The summed E-state index contributed by atoms with van der Waals surface area (Å²) in [6.45, 7) is 0.429. The van der Waals surface area contributed by atoms with Gasteiger partial charge in [-0.2, -0.15) is 52.7 Å². The van der Waals surface area contributed by atoms with E-state index in [1.54, 1.807) is 43.3 Å². The van der Waals surface area contributed by atoms with Crippen LogP contribution in [-0.4, -0.2) is 59.7 Å². The van der Waals surface area contributed by atoms with Crippen molar-refractivity contribution in [1.82, 2.24) is 9.80 Å². The van der Waals surface area contributed by atoms with Gasteiger partial charge in [-0.05, 0) is 126 Å². The topological polar surface area (TPSA) is 123 Å². The number of halogens is 12. The molecule has 22 heteroatoms. The first-order valence-corrected chi connectivity index (χ1v) is 20.9. The van der Waals surface area contributed by atoms with Crippen molar-refractivity contribution in [3.63, 3.8) is 0 Å². The molecule has 2 atom stereocenters. The molecule has 4 aromatic rings. The van der Waals surface area contributed by atoms with Gasteiger partial charge < -0.3 is 29.1 Å². The maximum Gasteiger partial charge on any atom is 0.416 e. The van der Waals surface area contributed by atoms with Crippen LogP contribution in [0.3, 0.4) is 0 Å². The molecule has 0 aliphatic heterocycles. The van der Waals surface area contributed by atoms with E-state index in [4.69, 9.17) is 19.3 Å². The number of carboxylic acid groups (broad SMARTS) is 1. The first-order chi connectivity index (χ1) is 32.5. The molecule has 2 aliphatic carbocycles. The second-order valence-corrected chi connectivity index (χ2v) is 15.9. The lowest BCUT2D eigenvalue weighted by molar-refractivity contribution is -0.144. The van der Waals surface area contributed by atoms with Crippen LogP contribution in [0.1, 0.15) is 98.6 Å². The van der Waals surface area contributed by atoms with Gasteiger partial charge in [0.2, 0.25) is 0 Å². The molecule has 0 spiro atoms. The highest BCUT2D eigenvalue weighted by Gasteiger charge is 2.39. The Morgan fingerprint density at radius 1 is 0.557 bits per heavy atom. The van der Waals surface area contributed by atoms with E-state index in [0.29, 0.717) is 55.5 Å². The molecule has 2 aliphatic rings. The minimum Gasteiger partial charge on any atom is -0.478 e.